The molecule has 0 unspecified atom stereocenters. The minimum atomic E-state index is 0.0568. The van der Waals surface area contributed by atoms with Crippen molar-refractivity contribution in [2.75, 3.05) is 33.7 Å². The van der Waals surface area contributed by atoms with Crippen LogP contribution in [-0.4, -0.2) is 49.4 Å². The van der Waals surface area contributed by atoms with E-state index in [1.807, 2.05) is 11.9 Å². The second-order valence-electron chi connectivity index (χ2n) is 5.56. The number of carbonyl (C=O) groups excluding carboxylic acids is 1. The molecule has 1 aliphatic heterocycles. The predicted molar refractivity (Wildman–Crippen MR) is 86.3 cm³/mol. The van der Waals surface area contributed by atoms with Gasteiger partial charge in [0, 0.05) is 23.6 Å². The first-order chi connectivity index (χ1) is 9.47. The third-order valence-corrected chi connectivity index (χ3v) is 5.10. The Labute approximate surface area is 134 Å². The fourth-order valence-electron chi connectivity index (χ4n) is 2.56. The Morgan fingerprint density at radius 3 is 2.70 bits per heavy atom. The Hall–Kier alpha value is -0.580. The van der Waals surface area contributed by atoms with Crippen molar-refractivity contribution < 1.29 is 4.79 Å². The van der Waals surface area contributed by atoms with Crippen molar-refractivity contribution in [2.45, 2.75) is 12.8 Å². The average molecular weight is 360 g/mol. The van der Waals surface area contributed by atoms with Crippen molar-refractivity contribution in [1.82, 2.24) is 9.80 Å². The summed E-state index contributed by atoms with van der Waals surface area (Å²) in [5.41, 5.74) is 0.678. The molecule has 0 bridgehead atoms. The molecule has 1 heterocycles. The lowest BCUT2D eigenvalue weighted by Gasteiger charge is -2.31. The van der Waals surface area contributed by atoms with Crippen molar-refractivity contribution in [1.29, 1.82) is 0 Å². The topological polar surface area (TPSA) is 23.6 Å². The summed E-state index contributed by atoms with van der Waals surface area (Å²) in [6.07, 6.45) is 2.33. The Bertz CT molecular complexity index is 487. The van der Waals surface area contributed by atoms with Crippen molar-refractivity contribution in [3.8, 4) is 0 Å². The normalized spacial score (nSPS) is 17.2. The minimum Gasteiger partial charge on any atom is -0.341 e. The third kappa shape index (κ3) is 3.96. The fourth-order valence-corrected chi connectivity index (χ4v) is 3.06. The smallest absolute Gasteiger partial charge is 0.253 e. The molecule has 2 rings (SSSR count). The van der Waals surface area contributed by atoms with Crippen molar-refractivity contribution in [2.24, 2.45) is 5.92 Å². The quantitative estimate of drug-likeness (QED) is 0.824. The number of hydrogen-bond donors (Lipinski definition) is 0. The lowest BCUT2D eigenvalue weighted by atomic mass is 9.96. The van der Waals surface area contributed by atoms with E-state index in [2.05, 4.69) is 27.9 Å². The van der Waals surface area contributed by atoms with Crippen LogP contribution in [0.2, 0.25) is 5.02 Å². The van der Waals surface area contributed by atoms with Gasteiger partial charge in [0.25, 0.3) is 5.91 Å². The van der Waals surface area contributed by atoms with E-state index in [0.29, 0.717) is 16.5 Å². The zero-order valence-electron chi connectivity index (χ0n) is 11.9. The van der Waals surface area contributed by atoms with E-state index in [1.165, 1.54) is 12.8 Å². The van der Waals surface area contributed by atoms with E-state index >= 15 is 0 Å². The molecule has 20 heavy (non-hydrogen) atoms. The first-order valence-corrected chi connectivity index (χ1v) is 8.03. The highest BCUT2D eigenvalue weighted by atomic mass is 79.9. The minimum absolute atomic E-state index is 0.0568. The van der Waals surface area contributed by atoms with Crippen molar-refractivity contribution >= 4 is 33.4 Å². The second-order valence-corrected chi connectivity index (χ2v) is 6.82. The maximum atomic E-state index is 12.4. The molecular formula is C15H20BrClN2O. The van der Waals surface area contributed by atoms with E-state index in [1.54, 1.807) is 18.2 Å². The lowest BCUT2D eigenvalue weighted by molar-refractivity contribution is 0.0747. The summed E-state index contributed by atoms with van der Waals surface area (Å²) in [4.78, 5) is 16.6. The monoisotopic (exact) mass is 358 g/mol. The Morgan fingerprint density at radius 2 is 2.10 bits per heavy atom. The van der Waals surface area contributed by atoms with Gasteiger partial charge in [0.05, 0.1) is 5.02 Å². The van der Waals surface area contributed by atoms with Gasteiger partial charge in [-0.05, 0) is 73.0 Å². The first-order valence-electron chi connectivity index (χ1n) is 6.86. The molecule has 1 aromatic carbocycles. The Balaban J connectivity index is 1.96. The van der Waals surface area contributed by atoms with Gasteiger partial charge in [-0.1, -0.05) is 11.6 Å². The fraction of sp³-hybridized carbons (Fsp3) is 0.533. The number of halogens is 2. The lowest BCUT2D eigenvalue weighted by Crippen LogP contribution is -2.37. The Morgan fingerprint density at radius 1 is 1.45 bits per heavy atom. The number of likely N-dealkylation sites (tertiary alicyclic amines) is 1. The molecule has 0 saturated carbocycles. The van der Waals surface area contributed by atoms with Crippen LogP contribution in [0.1, 0.15) is 23.2 Å². The highest BCUT2D eigenvalue weighted by Gasteiger charge is 2.21. The van der Waals surface area contributed by atoms with E-state index in [4.69, 9.17) is 11.6 Å². The number of carbonyl (C=O) groups is 1. The van der Waals surface area contributed by atoms with Gasteiger partial charge in [0.1, 0.15) is 0 Å². The van der Waals surface area contributed by atoms with Gasteiger partial charge >= 0.3 is 0 Å². The number of amides is 1. The van der Waals surface area contributed by atoms with Gasteiger partial charge in [0.2, 0.25) is 0 Å². The summed E-state index contributed by atoms with van der Waals surface area (Å²) >= 11 is 9.32. The summed E-state index contributed by atoms with van der Waals surface area (Å²) in [6, 6.07) is 5.32. The van der Waals surface area contributed by atoms with Gasteiger partial charge in [-0.3, -0.25) is 4.79 Å². The number of nitrogens with zero attached hydrogens (tertiary/aromatic N) is 2. The van der Waals surface area contributed by atoms with Crippen LogP contribution in [-0.2, 0) is 0 Å². The third-order valence-electron chi connectivity index (χ3n) is 3.88. The molecule has 1 aromatic rings. The maximum Gasteiger partial charge on any atom is 0.253 e. The number of hydrogen-bond acceptors (Lipinski definition) is 2. The van der Waals surface area contributed by atoms with Crippen LogP contribution in [0.25, 0.3) is 0 Å². The summed E-state index contributed by atoms with van der Waals surface area (Å²) in [5, 5.41) is 0.625. The molecule has 0 aromatic heterocycles. The van der Waals surface area contributed by atoms with Crippen LogP contribution in [0.4, 0.5) is 0 Å². The van der Waals surface area contributed by atoms with E-state index in [0.717, 1.165) is 24.1 Å². The standard InChI is InChI=1S/C15H20BrClN2O/c1-18-7-5-11(6-8-18)10-19(2)15(20)12-3-4-14(17)13(16)9-12/h3-4,9,11H,5-8,10H2,1-2H3. The molecular weight excluding hydrogens is 340 g/mol. The molecule has 1 fully saturated rings. The first kappa shape index (κ1) is 15.8. The van der Waals surface area contributed by atoms with Gasteiger partial charge in [0.15, 0.2) is 0 Å². The second kappa shape index (κ2) is 6.92. The molecule has 0 atom stereocenters. The highest BCUT2D eigenvalue weighted by Crippen LogP contribution is 2.24. The van der Waals surface area contributed by atoms with Crippen LogP contribution >= 0.6 is 27.5 Å². The number of rotatable bonds is 3. The van der Waals surface area contributed by atoms with E-state index in [-0.39, 0.29) is 5.91 Å². The SMILES string of the molecule is CN1CCC(CN(C)C(=O)c2ccc(Cl)c(Br)c2)CC1. The van der Waals surface area contributed by atoms with Crippen LogP contribution in [0.15, 0.2) is 22.7 Å². The van der Waals surface area contributed by atoms with Gasteiger partial charge < -0.3 is 9.80 Å². The summed E-state index contributed by atoms with van der Waals surface area (Å²) in [6.45, 7) is 3.07. The number of piperidine rings is 1. The van der Waals surface area contributed by atoms with Gasteiger partial charge in [-0.25, -0.2) is 0 Å². The summed E-state index contributed by atoms with van der Waals surface area (Å²) in [7, 11) is 4.03. The van der Waals surface area contributed by atoms with Crippen LogP contribution in [0.5, 0.6) is 0 Å². The predicted octanol–water partition coefficient (Wildman–Crippen LogP) is 3.52. The molecule has 0 N–H and O–H groups in total. The van der Waals surface area contributed by atoms with Gasteiger partial charge in [-0.2, -0.15) is 0 Å². The molecule has 1 amide bonds. The van der Waals surface area contributed by atoms with Crippen molar-refractivity contribution in [3.05, 3.63) is 33.3 Å². The molecule has 0 radical (unpaired) electrons. The molecule has 110 valence electrons. The van der Waals surface area contributed by atoms with Crippen LogP contribution in [0, 0.1) is 5.92 Å². The molecule has 3 nitrogen and oxygen atoms in total. The maximum absolute atomic E-state index is 12.4. The van der Waals surface area contributed by atoms with Crippen LogP contribution < -0.4 is 0 Å². The molecule has 1 aliphatic rings. The highest BCUT2D eigenvalue weighted by molar-refractivity contribution is 9.10. The molecule has 5 heteroatoms. The van der Waals surface area contributed by atoms with E-state index in [9.17, 15) is 4.79 Å². The average Bonchev–Trinajstić information content (AvgIpc) is 2.43. The zero-order valence-corrected chi connectivity index (χ0v) is 14.2. The summed E-state index contributed by atoms with van der Waals surface area (Å²) < 4.78 is 0.762. The number of benzene rings is 1. The molecule has 0 aliphatic carbocycles. The Kier molecular flexibility index (Phi) is 5.47. The summed E-state index contributed by atoms with van der Waals surface area (Å²) in [5.74, 6) is 0.664. The molecule has 1 saturated heterocycles. The van der Waals surface area contributed by atoms with Crippen LogP contribution in [0.3, 0.4) is 0 Å². The molecule has 0 spiro atoms. The van der Waals surface area contributed by atoms with E-state index < -0.39 is 0 Å². The van der Waals surface area contributed by atoms with Gasteiger partial charge in [-0.15, -0.1) is 0 Å². The van der Waals surface area contributed by atoms with Crippen molar-refractivity contribution in [3.63, 3.8) is 0 Å². The zero-order chi connectivity index (χ0) is 14.7. The largest absolute Gasteiger partial charge is 0.341 e.